The molecule has 0 unspecified atom stereocenters. The van der Waals surface area contributed by atoms with Crippen LogP contribution < -0.4 is 0 Å². The molecule has 0 N–H and O–H groups in total. The monoisotopic (exact) mass is 370 g/mol. The highest BCUT2D eigenvalue weighted by Crippen LogP contribution is 2.30. The number of hydrogen-bond acceptors (Lipinski definition) is 5. The first-order valence-electron chi connectivity index (χ1n) is 7.56. The second-order valence-electron chi connectivity index (χ2n) is 5.28. The van der Waals surface area contributed by atoms with Crippen molar-refractivity contribution in [3.8, 4) is 6.07 Å². The van der Waals surface area contributed by atoms with E-state index in [1.165, 1.54) is 19.9 Å². The Hall–Kier alpha value is -3.02. The lowest BCUT2D eigenvalue weighted by atomic mass is 10.1. The van der Waals surface area contributed by atoms with Crippen molar-refractivity contribution < 1.29 is 32.3 Å². The van der Waals surface area contributed by atoms with Gasteiger partial charge < -0.3 is 9.57 Å². The summed E-state index contributed by atoms with van der Waals surface area (Å²) in [5, 5.41) is 9.53. The molecule has 1 aromatic carbocycles. The van der Waals surface area contributed by atoms with E-state index in [-0.39, 0.29) is 12.2 Å². The van der Waals surface area contributed by atoms with Crippen LogP contribution in [-0.4, -0.2) is 29.6 Å². The number of hydroxylamine groups is 2. The van der Waals surface area contributed by atoms with Gasteiger partial charge in [0.2, 0.25) is 0 Å². The first-order valence-corrected chi connectivity index (χ1v) is 7.56. The van der Waals surface area contributed by atoms with Gasteiger partial charge in [0.1, 0.15) is 12.3 Å². The van der Waals surface area contributed by atoms with E-state index in [0.29, 0.717) is 11.1 Å². The zero-order chi connectivity index (χ0) is 19.9. The average molecular weight is 370 g/mol. The van der Waals surface area contributed by atoms with Gasteiger partial charge in [0.25, 0.3) is 5.91 Å². The Balaban J connectivity index is 3.09. The summed E-state index contributed by atoms with van der Waals surface area (Å²) in [4.78, 5) is 29.4. The number of alkyl halides is 3. The van der Waals surface area contributed by atoms with Crippen LogP contribution in [0, 0.1) is 11.3 Å². The molecule has 1 amide bonds. The molecule has 0 bridgehead atoms. The third-order valence-corrected chi connectivity index (χ3v) is 3.00. The largest absolute Gasteiger partial charge is 0.500 e. The highest BCUT2D eigenvalue weighted by Gasteiger charge is 2.32. The van der Waals surface area contributed by atoms with Gasteiger partial charge in [-0.3, -0.25) is 4.79 Å². The minimum Gasteiger partial charge on any atom is -0.500 e. The summed E-state index contributed by atoms with van der Waals surface area (Å²) in [6.45, 7) is 4.83. The van der Waals surface area contributed by atoms with E-state index in [1.54, 1.807) is 13.0 Å². The highest BCUT2D eigenvalue weighted by molar-refractivity contribution is 5.97. The number of rotatable bonds is 5. The molecule has 0 atom stereocenters. The second-order valence-corrected chi connectivity index (χ2v) is 5.28. The minimum atomic E-state index is -4.62. The van der Waals surface area contributed by atoms with Crippen LogP contribution in [0.15, 0.2) is 36.1 Å². The van der Waals surface area contributed by atoms with Crippen LogP contribution in [0.5, 0.6) is 0 Å². The summed E-state index contributed by atoms with van der Waals surface area (Å²) < 4.78 is 43.2. The maximum Gasteiger partial charge on any atom is 0.416 e. The molecule has 0 aliphatic heterocycles. The van der Waals surface area contributed by atoms with E-state index in [0.717, 1.165) is 18.4 Å². The van der Waals surface area contributed by atoms with Crippen LogP contribution in [0.2, 0.25) is 0 Å². The SMILES string of the molecule is CCOC=C(C#N)C(=O)ON(C(=O)c1cccc(C(F)(F)F)c1)C(C)C. The molecule has 9 heteroatoms. The van der Waals surface area contributed by atoms with E-state index in [1.807, 2.05) is 0 Å². The van der Waals surface area contributed by atoms with Crippen molar-refractivity contribution in [1.82, 2.24) is 5.06 Å². The standard InChI is InChI=1S/C17H17F3N2O4/c1-4-25-10-13(9-21)16(24)26-22(11(2)3)15(23)12-6-5-7-14(8-12)17(18,19)20/h5-8,10-11H,4H2,1-3H3. The van der Waals surface area contributed by atoms with Crippen LogP contribution in [0.3, 0.4) is 0 Å². The van der Waals surface area contributed by atoms with Crippen molar-refractivity contribution in [1.29, 1.82) is 5.26 Å². The summed E-state index contributed by atoms with van der Waals surface area (Å²) in [5.74, 6) is -2.11. The third kappa shape index (κ3) is 5.51. The van der Waals surface area contributed by atoms with Gasteiger partial charge in [0.15, 0.2) is 5.57 Å². The Kier molecular flexibility index (Phi) is 7.19. The smallest absolute Gasteiger partial charge is 0.416 e. The van der Waals surface area contributed by atoms with Crippen molar-refractivity contribution in [2.45, 2.75) is 33.0 Å². The molecule has 0 saturated heterocycles. The van der Waals surface area contributed by atoms with Gasteiger partial charge in [0, 0.05) is 5.56 Å². The number of ether oxygens (including phenoxy) is 1. The lowest BCUT2D eigenvalue weighted by Crippen LogP contribution is -2.39. The van der Waals surface area contributed by atoms with Crippen molar-refractivity contribution in [2.75, 3.05) is 6.61 Å². The van der Waals surface area contributed by atoms with Crippen molar-refractivity contribution in [3.05, 3.63) is 47.2 Å². The van der Waals surface area contributed by atoms with E-state index >= 15 is 0 Å². The third-order valence-electron chi connectivity index (χ3n) is 3.00. The Bertz CT molecular complexity index is 736. The fraction of sp³-hybridized carbons (Fsp3) is 0.353. The van der Waals surface area contributed by atoms with E-state index < -0.39 is 35.2 Å². The van der Waals surface area contributed by atoms with Gasteiger partial charge in [-0.25, -0.2) is 4.79 Å². The molecule has 140 valence electrons. The average Bonchev–Trinajstić information content (AvgIpc) is 2.58. The van der Waals surface area contributed by atoms with Gasteiger partial charge in [0.05, 0.1) is 18.2 Å². The Morgan fingerprint density at radius 1 is 1.35 bits per heavy atom. The predicted octanol–water partition coefficient (Wildman–Crippen LogP) is 3.46. The van der Waals surface area contributed by atoms with Gasteiger partial charge in [-0.2, -0.15) is 23.5 Å². The number of carbonyl (C=O) groups is 2. The van der Waals surface area contributed by atoms with Crippen LogP contribution >= 0.6 is 0 Å². The molecule has 1 aromatic rings. The van der Waals surface area contributed by atoms with Gasteiger partial charge in [-0.05, 0) is 39.0 Å². The van der Waals surface area contributed by atoms with Gasteiger partial charge in [-0.1, -0.05) is 6.07 Å². The number of hydrogen-bond donors (Lipinski definition) is 0. The molecular formula is C17H17F3N2O4. The molecule has 0 spiro atoms. The minimum absolute atomic E-state index is 0.204. The number of nitriles is 1. The molecule has 0 saturated carbocycles. The van der Waals surface area contributed by atoms with Crippen LogP contribution in [0.4, 0.5) is 13.2 Å². The maximum atomic E-state index is 12.8. The summed E-state index contributed by atoms with van der Waals surface area (Å²) in [7, 11) is 0. The molecule has 0 aliphatic rings. The zero-order valence-electron chi connectivity index (χ0n) is 14.3. The van der Waals surface area contributed by atoms with Crippen LogP contribution in [0.25, 0.3) is 0 Å². The Labute approximate surface area is 148 Å². The Morgan fingerprint density at radius 3 is 2.50 bits per heavy atom. The maximum absolute atomic E-state index is 12.8. The molecular weight excluding hydrogens is 353 g/mol. The molecule has 0 heterocycles. The van der Waals surface area contributed by atoms with Crippen molar-refractivity contribution in [3.63, 3.8) is 0 Å². The fourth-order valence-electron chi connectivity index (χ4n) is 1.76. The molecule has 1 rings (SSSR count). The summed E-state index contributed by atoms with van der Waals surface area (Å²) in [6.07, 6.45) is -3.74. The zero-order valence-corrected chi connectivity index (χ0v) is 14.3. The predicted molar refractivity (Wildman–Crippen MR) is 84.2 cm³/mol. The summed E-state index contributed by atoms with van der Waals surface area (Å²) >= 11 is 0. The molecule has 0 radical (unpaired) electrons. The van der Waals surface area contributed by atoms with Crippen LogP contribution in [0.1, 0.15) is 36.7 Å². The lowest BCUT2D eigenvalue weighted by molar-refractivity contribution is -0.178. The normalized spacial score (nSPS) is 11.7. The molecule has 6 nitrogen and oxygen atoms in total. The second kappa shape index (κ2) is 8.89. The summed E-state index contributed by atoms with van der Waals surface area (Å²) in [6, 6.07) is 4.60. The Morgan fingerprint density at radius 2 is 2.00 bits per heavy atom. The number of nitrogens with zero attached hydrogens (tertiary/aromatic N) is 2. The molecule has 0 aromatic heterocycles. The van der Waals surface area contributed by atoms with E-state index in [2.05, 4.69) is 0 Å². The van der Waals surface area contributed by atoms with Gasteiger partial charge >= 0.3 is 12.1 Å². The van der Waals surface area contributed by atoms with Crippen molar-refractivity contribution in [2.24, 2.45) is 0 Å². The van der Waals surface area contributed by atoms with Crippen LogP contribution in [-0.2, 0) is 20.5 Å². The fourth-order valence-corrected chi connectivity index (χ4v) is 1.76. The first-order chi connectivity index (χ1) is 12.1. The highest BCUT2D eigenvalue weighted by atomic mass is 19.4. The summed E-state index contributed by atoms with van der Waals surface area (Å²) in [5.41, 5.74) is -1.81. The topological polar surface area (TPSA) is 79.6 Å². The molecule has 0 fully saturated rings. The number of carbonyl (C=O) groups excluding carboxylic acids is 2. The number of halogens is 3. The first kappa shape index (κ1) is 21.0. The van der Waals surface area contributed by atoms with E-state index in [4.69, 9.17) is 14.8 Å². The quantitative estimate of drug-likeness (QED) is 0.343. The molecule has 0 aliphatic carbocycles. The molecule has 26 heavy (non-hydrogen) atoms. The van der Waals surface area contributed by atoms with Crippen molar-refractivity contribution >= 4 is 11.9 Å². The lowest BCUT2D eigenvalue weighted by Gasteiger charge is -2.24. The van der Waals surface area contributed by atoms with E-state index in [9.17, 15) is 22.8 Å². The van der Waals surface area contributed by atoms with Gasteiger partial charge in [-0.15, -0.1) is 0 Å². The number of amides is 1. The number of benzene rings is 1.